The maximum Gasteiger partial charge on any atom is 0.120 e. The van der Waals surface area contributed by atoms with Gasteiger partial charge >= 0.3 is 0 Å². The van der Waals surface area contributed by atoms with Gasteiger partial charge in [-0.1, -0.05) is 36.4 Å². The van der Waals surface area contributed by atoms with Crippen molar-refractivity contribution < 1.29 is 14.6 Å². The fourth-order valence-corrected chi connectivity index (χ4v) is 2.11. The van der Waals surface area contributed by atoms with Gasteiger partial charge in [-0.3, -0.25) is 0 Å². The van der Waals surface area contributed by atoms with Crippen LogP contribution in [0.15, 0.2) is 55.1 Å². The number of aliphatic hydroxyl groups excluding tert-OH is 1. The van der Waals surface area contributed by atoms with Gasteiger partial charge < -0.3 is 19.9 Å². The molecule has 118 valence electrons. The van der Waals surface area contributed by atoms with Crippen molar-refractivity contribution in [3.63, 3.8) is 0 Å². The van der Waals surface area contributed by atoms with Crippen LogP contribution in [0.1, 0.15) is 0 Å². The molecule has 1 atom stereocenters. The fourth-order valence-electron chi connectivity index (χ4n) is 2.11. The summed E-state index contributed by atoms with van der Waals surface area (Å²) in [6.45, 7) is 6.03. The maximum atomic E-state index is 9.65. The smallest absolute Gasteiger partial charge is 0.120 e. The molecule has 2 N–H and O–H groups in total. The minimum Gasteiger partial charge on any atom is -0.492 e. The van der Waals surface area contributed by atoms with E-state index in [2.05, 4.69) is 30.1 Å². The van der Waals surface area contributed by atoms with Gasteiger partial charge in [-0.15, -0.1) is 6.58 Å². The van der Waals surface area contributed by atoms with E-state index >= 15 is 0 Å². The van der Waals surface area contributed by atoms with Crippen LogP contribution in [0.3, 0.4) is 0 Å². The summed E-state index contributed by atoms with van der Waals surface area (Å²) in [5.74, 6) is 0.857. The second-order valence-corrected chi connectivity index (χ2v) is 5.04. The summed E-state index contributed by atoms with van der Waals surface area (Å²) in [5.41, 5.74) is 0. The first-order valence-electron chi connectivity index (χ1n) is 7.48. The molecule has 4 nitrogen and oxygen atoms in total. The van der Waals surface area contributed by atoms with Crippen molar-refractivity contribution in [2.45, 2.75) is 6.10 Å². The Hall–Kier alpha value is -1.88. The molecular weight excluding hydrogens is 278 g/mol. The summed E-state index contributed by atoms with van der Waals surface area (Å²) in [4.78, 5) is 0. The normalized spacial score (nSPS) is 12.2. The van der Waals surface area contributed by atoms with E-state index in [0.717, 1.165) is 5.75 Å². The van der Waals surface area contributed by atoms with Crippen LogP contribution < -0.4 is 10.1 Å². The van der Waals surface area contributed by atoms with E-state index in [-0.39, 0.29) is 0 Å². The molecule has 0 amide bonds. The van der Waals surface area contributed by atoms with Crippen LogP contribution in [0.25, 0.3) is 10.8 Å². The molecule has 0 unspecified atom stereocenters. The number of rotatable bonds is 10. The van der Waals surface area contributed by atoms with Gasteiger partial charge in [0.2, 0.25) is 0 Å². The number of hydrogen-bond acceptors (Lipinski definition) is 4. The van der Waals surface area contributed by atoms with E-state index in [1.54, 1.807) is 6.08 Å². The van der Waals surface area contributed by atoms with Gasteiger partial charge in [-0.05, 0) is 22.9 Å². The van der Waals surface area contributed by atoms with E-state index in [1.165, 1.54) is 10.8 Å². The van der Waals surface area contributed by atoms with Crippen LogP contribution in [-0.2, 0) is 4.74 Å². The quantitative estimate of drug-likeness (QED) is 0.522. The molecule has 0 bridgehead atoms. The average molecular weight is 301 g/mol. The zero-order chi connectivity index (χ0) is 15.6. The summed E-state index contributed by atoms with van der Waals surface area (Å²) < 4.78 is 10.9. The molecule has 2 aromatic rings. The van der Waals surface area contributed by atoms with Gasteiger partial charge in [0.15, 0.2) is 0 Å². The Bertz CT molecular complexity index is 585. The van der Waals surface area contributed by atoms with Crippen molar-refractivity contribution in [3.8, 4) is 5.75 Å². The zero-order valence-electron chi connectivity index (χ0n) is 12.7. The van der Waals surface area contributed by atoms with Gasteiger partial charge in [-0.25, -0.2) is 0 Å². The van der Waals surface area contributed by atoms with E-state index in [4.69, 9.17) is 9.47 Å². The van der Waals surface area contributed by atoms with Crippen molar-refractivity contribution in [1.29, 1.82) is 0 Å². The third-order valence-corrected chi connectivity index (χ3v) is 3.19. The summed E-state index contributed by atoms with van der Waals surface area (Å²) in [6, 6.07) is 14.3. The van der Waals surface area contributed by atoms with Crippen LogP contribution in [0.4, 0.5) is 0 Å². The second-order valence-electron chi connectivity index (χ2n) is 5.04. The van der Waals surface area contributed by atoms with E-state index in [0.29, 0.717) is 32.9 Å². The fraction of sp³-hybridized carbons (Fsp3) is 0.333. The van der Waals surface area contributed by atoms with E-state index in [9.17, 15) is 5.11 Å². The largest absolute Gasteiger partial charge is 0.492 e. The van der Waals surface area contributed by atoms with E-state index < -0.39 is 6.10 Å². The van der Waals surface area contributed by atoms with Crippen LogP contribution in [-0.4, -0.2) is 44.1 Å². The highest BCUT2D eigenvalue weighted by Crippen LogP contribution is 2.20. The lowest BCUT2D eigenvalue weighted by Gasteiger charge is -2.12. The van der Waals surface area contributed by atoms with E-state index in [1.807, 2.05) is 24.3 Å². The monoisotopic (exact) mass is 301 g/mol. The molecular formula is C18H23NO3. The molecule has 4 heteroatoms. The van der Waals surface area contributed by atoms with Crippen molar-refractivity contribution in [3.05, 3.63) is 55.1 Å². The van der Waals surface area contributed by atoms with Crippen molar-refractivity contribution >= 4 is 10.8 Å². The first-order valence-corrected chi connectivity index (χ1v) is 7.48. The Morgan fingerprint density at radius 3 is 2.82 bits per heavy atom. The van der Waals surface area contributed by atoms with Crippen LogP contribution >= 0.6 is 0 Å². The minimum absolute atomic E-state index is 0.310. The van der Waals surface area contributed by atoms with Crippen LogP contribution in [0.2, 0.25) is 0 Å². The van der Waals surface area contributed by atoms with Crippen molar-refractivity contribution in [1.82, 2.24) is 5.32 Å². The molecule has 0 fully saturated rings. The Labute approximate surface area is 131 Å². The topological polar surface area (TPSA) is 50.7 Å². The summed E-state index contributed by atoms with van der Waals surface area (Å²) in [5, 5.41) is 15.2. The van der Waals surface area contributed by atoms with Crippen LogP contribution in [0, 0.1) is 0 Å². The number of benzene rings is 2. The van der Waals surface area contributed by atoms with Gasteiger partial charge in [0.25, 0.3) is 0 Å². The first-order chi connectivity index (χ1) is 10.8. The molecule has 0 aliphatic rings. The third-order valence-electron chi connectivity index (χ3n) is 3.19. The molecule has 22 heavy (non-hydrogen) atoms. The van der Waals surface area contributed by atoms with Crippen molar-refractivity contribution in [2.24, 2.45) is 0 Å². The summed E-state index contributed by atoms with van der Waals surface area (Å²) in [6.07, 6.45) is 1.15. The number of aliphatic hydroxyl groups is 1. The minimum atomic E-state index is -0.513. The Balaban J connectivity index is 1.64. The molecule has 0 aliphatic carbocycles. The predicted octanol–water partition coefficient (Wildman–Crippen LogP) is 2.37. The van der Waals surface area contributed by atoms with Crippen LogP contribution in [0.5, 0.6) is 5.75 Å². The standard InChI is InChI=1S/C18H23NO3/c1-2-10-21-14-17(20)13-19-9-11-22-18-8-7-15-5-3-4-6-16(15)12-18/h2-8,12,17,19-20H,1,9-11,13-14H2/t17-/m1/s1. The van der Waals surface area contributed by atoms with Gasteiger partial charge in [0.1, 0.15) is 12.4 Å². The summed E-state index contributed by atoms with van der Waals surface area (Å²) in [7, 11) is 0. The molecule has 0 heterocycles. The predicted molar refractivity (Wildman–Crippen MR) is 89.3 cm³/mol. The van der Waals surface area contributed by atoms with Crippen molar-refractivity contribution in [2.75, 3.05) is 32.9 Å². The lowest BCUT2D eigenvalue weighted by Crippen LogP contribution is -2.32. The molecule has 0 spiro atoms. The van der Waals surface area contributed by atoms with Gasteiger partial charge in [0.05, 0.1) is 19.3 Å². The maximum absolute atomic E-state index is 9.65. The highest BCUT2D eigenvalue weighted by atomic mass is 16.5. The molecule has 0 aromatic heterocycles. The highest BCUT2D eigenvalue weighted by Gasteiger charge is 2.03. The molecule has 0 radical (unpaired) electrons. The zero-order valence-corrected chi connectivity index (χ0v) is 12.7. The lowest BCUT2D eigenvalue weighted by molar-refractivity contribution is 0.0491. The lowest BCUT2D eigenvalue weighted by atomic mass is 10.1. The molecule has 2 aromatic carbocycles. The second kappa shape index (κ2) is 9.20. The Kier molecular flexibility index (Phi) is 6.90. The average Bonchev–Trinajstić information content (AvgIpc) is 2.54. The summed E-state index contributed by atoms with van der Waals surface area (Å²) >= 11 is 0. The molecule has 2 rings (SSSR count). The Morgan fingerprint density at radius 2 is 2.00 bits per heavy atom. The molecule has 0 saturated heterocycles. The number of ether oxygens (including phenoxy) is 2. The number of fused-ring (bicyclic) bond motifs is 1. The highest BCUT2D eigenvalue weighted by molar-refractivity contribution is 5.83. The molecule has 0 aliphatic heterocycles. The number of nitrogens with one attached hydrogen (secondary N) is 1. The van der Waals surface area contributed by atoms with Gasteiger partial charge in [0, 0.05) is 13.1 Å². The Morgan fingerprint density at radius 1 is 1.18 bits per heavy atom. The van der Waals surface area contributed by atoms with Gasteiger partial charge in [-0.2, -0.15) is 0 Å². The third kappa shape index (κ3) is 5.48. The molecule has 0 saturated carbocycles. The first kappa shape index (κ1) is 16.5. The SMILES string of the molecule is C=CCOC[C@H](O)CNCCOc1ccc2ccccc2c1. The number of hydrogen-bond donors (Lipinski definition) is 2.